The van der Waals surface area contributed by atoms with Gasteiger partial charge in [-0.05, 0) is 26.8 Å². The third-order valence-electron chi connectivity index (χ3n) is 2.86. The Morgan fingerprint density at radius 3 is 2.68 bits per heavy atom. The minimum atomic E-state index is -0.616. The van der Waals surface area contributed by atoms with E-state index < -0.39 is 17.8 Å². The fraction of sp³-hybridized carbons (Fsp3) is 0.500. The number of benzene rings is 1. The molecular weight excluding hydrogens is 310 g/mol. The molecule has 2 atom stereocenters. The molecule has 0 fully saturated rings. The molecule has 5 heteroatoms. The summed E-state index contributed by atoms with van der Waals surface area (Å²) in [5, 5.41) is 10.1. The molecule has 1 heterocycles. The molecule has 2 rings (SSSR count). The van der Waals surface area contributed by atoms with Crippen LogP contribution in [0.25, 0.3) is 0 Å². The van der Waals surface area contributed by atoms with Crippen molar-refractivity contribution >= 4 is 27.7 Å². The fourth-order valence-electron chi connectivity index (χ4n) is 2.04. The zero-order chi connectivity index (χ0) is 14.2. The van der Waals surface area contributed by atoms with E-state index in [9.17, 15) is 9.90 Å². The minimum Gasteiger partial charge on any atom is -0.443 e. The summed E-state index contributed by atoms with van der Waals surface area (Å²) in [6.45, 7) is 5.89. The van der Waals surface area contributed by atoms with Crippen molar-refractivity contribution in [3.8, 4) is 0 Å². The predicted octanol–water partition coefficient (Wildman–Crippen LogP) is 3.24. The monoisotopic (exact) mass is 327 g/mol. The molecule has 1 aromatic carbocycles. The molecule has 0 saturated heterocycles. The molecule has 19 heavy (non-hydrogen) atoms. The summed E-state index contributed by atoms with van der Waals surface area (Å²) in [4.78, 5) is 13.6. The zero-order valence-corrected chi connectivity index (χ0v) is 12.8. The number of nitrogens with zero attached hydrogens (tertiary/aromatic N) is 1. The highest BCUT2D eigenvalue weighted by Gasteiger charge is 2.35. The lowest BCUT2D eigenvalue weighted by atomic mass is 9.99. The van der Waals surface area contributed by atoms with Crippen molar-refractivity contribution in [1.82, 2.24) is 0 Å². The summed E-state index contributed by atoms with van der Waals surface area (Å²) in [7, 11) is 0. The van der Waals surface area contributed by atoms with Crippen molar-refractivity contribution in [3.05, 3.63) is 29.8 Å². The summed E-state index contributed by atoms with van der Waals surface area (Å²) < 4.78 is 5.40. The molecule has 1 aliphatic heterocycles. The number of amides is 1. The Balaban J connectivity index is 2.32. The molecule has 0 bridgehead atoms. The molecule has 0 spiro atoms. The van der Waals surface area contributed by atoms with Crippen LogP contribution in [-0.4, -0.2) is 28.2 Å². The first kappa shape index (κ1) is 14.3. The number of ether oxygens (including phenoxy) is 1. The normalized spacial score (nSPS) is 22.9. The van der Waals surface area contributed by atoms with Crippen LogP contribution in [0.1, 0.15) is 32.4 Å². The molecule has 1 amide bonds. The number of halogens is 1. The highest BCUT2D eigenvalue weighted by Crippen LogP contribution is 2.37. The lowest BCUT2D eigenvalue weighted by molar-refractivity contribution is 0.0568. The number of carbonyl (C=O) groups is 1. The van der Waals surface area contributed by atoms with Crippen LogP contribution in [0.4, 0.5) is 10.5 Å². The Morgan fingerprint density at radius 2 is 2.05 bits per heavy atom. The molecule has 0 aliphatic carbocycles. The summed E-state index contributed by atoms with van der Waals surface area (Å²) in [6.07, 6.45) is -1.01. The molecule has 0 saturated carbocycles. The Hall–Kier alpha value is -1.07. The highest BCUT2D eigenvalue weighted by atomic mass is 79.9. The number of alkyl halides is 1. The number of aliphatic hydroxyl groups excluding tert-OH is 1. The molecule has 1 aliphatic rings. The molecule has 0 unspecified atom stereocenters. The largest absolute Gasteiger partial charge is 0.443 e. The van der Waals surface area contributed by atoms with E-state index in [0.717, 1.165) is 5.56 Å². The maximum atomic E-state index is 12.2. The lowest BCUT2D eigenvalue weighted by Crippen LogP contribution is -2.44. The molecule has 104 valence electrons. The molecule has 0 radical (unpaired) electrons. The number of fused-ring (bicyclic) bond motifs is 1. The number of aliphatic hydroxyl groups is 1. The van der Waals surface area contributed by atoms with E-state index in [1.54, 1.807) is 4.90 Å². The Kier molecular flexibility index (Phi) is 3.87. The Labute approximate surface area is 121 Å². The number of carbonyl (C=O) groups excluding carboxylic acids is 1. The minimum absolute atomic E-state index is 0.199. The van der Waals surface area contributed by atoms with Crippen LogP contribution in [0.15, 0.2) is 24.3 Å². The van der Waals surface area contributed by atoms with E-state index in [4.69, 9.17) is 4.74 Å². The maximum Gasteiger partial charge on any atom is 0.414 e. The fourth-order valence-corrected chi connectivity index (χ4v) is 2.62. The van der Waals surface area contributed by atoms with Gasteiger partial charge in [-0.3, -0.25) is 4.90 Å². The van der Waals surface area contributed by atoms with Crippen molar-refractivity contribution in [2.24, 2.45) is 0 Å². The van der Waals surface area contributed by atoms with Crippen LogP contribution in [0.5, 0.6) is 0 Å². The Morgan fingerprint density at radius 1 is 1.42 bits per heavy atom. The van der Waals surface area contributed by atoms with E-state index in [2.05, 4.69) is 15.9 Å². The first-order valence-corrected chi connectivity index (χ1v) is 7.13. The lowest BCUT2D eigenvalue weighted by Gasteiger charge is -2.36. The highest BCUT2D eigenvalue weighted by molar-refractivity contribution is 9.09. The summed E-state index contributed by atoms with van der Waals surface area (Å²) in [5.74, 6) is 0. The predicted molar refractivity (Wildman–Crippen MR) is 77.7 cm³/mol. The average molecular weight is 328 g/mol. The van der Waals surface area contributed by atoms with Gasteiger partial charge in [-0.25, -0.2) is 4.79 Å². The van der Waals surface area contributed by atoms with Gasteiger partial charge in [0, 0.05) is 12.1 Å². The van der Waals surface area contributed by atoms with E-state index in [1.807, 2.05) is 45.0 Å². The summed E-state index contributed by atoms with van der Waals surface area (Å²) in [6, 6.07) is 7.34. The van der Waals surface area contributed by atoms with Crippen LogP contribution in [0, 0.1) is 0 Å². The average Bonchev–Trinajstić information content (AvgIpc) is 2.31. The van der Waals surface area contributed by atoms with Gasteiger partial charge in [-0.1, -0.05) is 34.1 Å². The van der Waals surface area contributed by atoms with Gasteiger partial charge in [0.2, 0.25) is 0 Å². The second-order valence-corrected chi connectivity index (χ2v) is 6.79. The van der Waals surface area contributed by atoms with E-state index >= 15 is 0 Å². The molecule has 0 aromatic heterocycles. The number of anilines is 1. The van der Waals surface area contributed by atoms with Crippen LogP contribution < -0.4 is 4.90 Å². The molecule has 4 nitrogen and oxygen atoms in total. The van der Waals surface area contributed by atoms with Crippen LogP contribution in [0.2, 0.25) is 0 Å². The van der Waals surface area contributed by atoms with Crippen molar-refractivity contribution in [3.63, 3.8) is 0 Å². The van der Waals surface area contributed by atoms with Gasteiger partial charge in [0.1, 0.15) is 5.60 Å². The number of hydrogen-bond donors (Lipinski definition) is 1. The number of rotatable bonds is 0. The Bertz CT molecular complexity index is 484. The van der Waals surface area contributed by atoms with Gasteiger partial charge < -0.3 is 9.84 Å². The van der Waals surface area contributed by atoms with E-state index in [1.165, 1.54) is 0 Å². The SMILES string of the molecule is CC(C)(C)OC(=O)N1C[C@H](Br)[C@H](O)c2ccccc21. The van der Waals surface area contributed by atoms with Gasteiger partial charge in [0.25, 0.3) is 0 Å². The maximum absolute atomic E-state index is 12.2. The van der Waals surface area contributed by atoms with Gasteiger partial charge in [0.05, 0.1) is 16.6 Å². The van der Waals surface area contributed by atoms with E-state index in [-0.39, 0.29) is 4.83 Å². The smallest absolute Gasteiger partial charge is 0.414 e. The third kappa shape index (κ3) is 3.09. The van der Waals surface area contributed by atoms with Gasteiger partial charge in [0.15, 0.2) is 0 Å². The molecule has 1 N–H and O–H groups in total. The topological polar surface area (TPSA) is 49.8 Å². The van der Waals surface area contributed by atoms with Crippen molar-refractivity contribution in [1.29, 1.82) is 0 Å². The van der Waals surface area contributed by atoms with Crippen LogP contribution >= 0.6 is 15.9 Å². The summed E-state index contributed by atoms with van der Waals surface area (Å²) >= 11 is 3.41. The van der Waals surface area contributed by atoms with Gasteiger partial charge in [-0.15, -0.1) is 0 Å². The first-order chi connectivity index (χ1) is 8.79. The number of hydrogen-bond acceptors (Lipinski definition) is 3. The van der Waals surface area contributed by atoms with E-state index in [0.29, 0.717) is 12.2 Å². The van der Waals surface area contributed by atoms with Crippen molar-refractivity contribution in [2.45, 2.75) is 37.3 Å². The zero-order valence-electron chi connectivity index (χ0n) is 11.3. The second-order valence-electron chi connectivity index (χ2n) is 5.61. The standard InChI is InChI=1S/C14H18BrNO3/c1-14(2,3)19-13(18)16-8-10(15)12(17)9-6-4-5-7-11(9)16/h4-7,10,12,17H,8H2,1-3H3/t10-,12+/m0/s1. The first-order valence-electron chi connectivity index (χ1n) is 6.21. The molecular formula is C14H18BrNO3. The quantitative estimate of drug-likeness (QED) is 0.744. The van der Waals surface area contributed by atoms with Gasteiger partial charge in [-0.2, -0.15) is 0 Å². The summed E-state index contributed by atoms with van der Waals surface area (Å²) in [5.41, 5.74) is 0.908. The van der Waals surface area contributed by atoms with Crippen LogP contribution in [-0.2, 0) is 4.74 Å². The van der Waals surface area contributed by atoms with Crippen LogP contribution in [0.3, 0.4) is 0 Å². The number of para-hydroxylation sites is 1. The second kappa shape index (κ2) is 5.13. The van der Waals surface area contributed by atoms with Crippen molar-refractivity contribution in [2.75, 3.05) is 11.4 Å². The molecule has 1 aromatic rings. The van der Waals surface area contributed by atoms with Gasteiger partial charge >= 0.3 is 6.09 Å². The third-order valence-corrected chi connectivity index (χ3v) is 3.65. The van der Waals surface area contributed by atoms with Crippen molar-refractivity contribution < 1.29 is 14.6 Å².